The second-order valence-electron chi connectivity index (χ2n) is 4.85. The summed E-state index contributed by atoms with van der Waals surface area (Å²) in [5, 5.41) is 15.3. The first-order valence-electron chi connectivity index (χ1n) is 6.25. The molecule has 1 aliphatic carbocycles. The third-order valence-electron chi connectivity index (χ3n) is 3.28. The Bertz CT molecular complexity index is 682. The summed E-state index contributed by atoms with van der Waals surface area (Å²) in [5.74, 6) is -0.507. The molecule has 1 saturated carbocycles. The minimum atomic E-state index is -1.10. The maximum atomic E-state index is 12.0. The molecule has 104 valence electrons. The van der Waals surface area contributed by atoms with E-state index in [0.29, 0.717) is 17.4 Å². The largest absolute Gasteiger partial charge is 0.478 e. The number of carboxylic acids is 1. The van der Waals surface area contributed by atoms with Gasteiger partial charge in [0.15, 0.2) is 5.69 Å². The molecule has 0 saturated heterocycles. The van der Waals surface area contributed by atoms with E-state index in [9.17, 15) is 9.59 Å². The van der Waals surface area contributed by atoms with Crippen LogP contribution in [-0.4, -0.2) is 27.1 Å². The van der Waals surface area contributed by atoms with Crippen LogP contribution in [0.15, 0.2) is 16.8 Å². The van der Waals surface area contributed by atoms with Crippen LogP contribution in [0.2, 0.25) is 0 Å². The SMILES string of the molecule is Cc1[nH]cc(NC(=O)c2cc(C3CC3)on2)c1C(=O)O. The molecule has 20 heavy (non-hydrogen) atoms. The molecule has 3 rings (SSSR count). The molecule has 0 aromatic carbocycles. The molecule has 1 fully saturated rings. The predicted molar refractivity (Wildman–Crippen MR) is 68.9 cm³/mol. The molecule has 1 aliphatic rings. The highest BCUT2D eigenvalue weighted by Gasteiger charge is 2.29. The number of H-pyrrole nitrogens is 1. The smallest absolute Gasteiger partial charge is 0.339 e. The highest BCUT2D eigenvalue weighted by molar-refractivity contribution is 6.07. The van der Waals surface area contributed by atoms with Crippen LogP contribution in [0.1, 0.15) is 51.1 Å². The molecule has 2 heterocycles. The molecule has 7 heteroatoms. The van der Waals surface area contributed by atoms with Gasteiger partial charge in [-0.1, -0.05) is 5.16 Å². The van der Waals surface area contributed by atoms with Crippen LogP contribution in [0, 0.1) is 6.92 Å². The number of hydrogen-bond acceptors (Lipinski definition) is 4. The number of nitrogens with one attached hydrogen (secondary N) is 2. The first-order chi connectivity index (χ1) is 9.56. The first-order valence-corrected chi connectivity index (χ1v) is 6.25. The average Bonchev–Trinajstić information content (AvgIpc) is 3.00. The van der Waals surface area contributed by atoms with Crippen molar-refractivity contribution in [2.45, 2.75) is 25.7 Å². The van der Waals surface area contributed by atoms with E-state index in [1.54, 1.807) is 13.0 Å². The number of aromatic carboxylic acids is 1. The highest BCUT2D eigenvalue weighted by Crippen LogP contribution is 2.40. The normalized spacial score (nSPS) is 14.2. The quantitative estimate of drug-likeness (QED) is 0.792. The Morgan fingerprint density at radius 3 is 2.90 bits per heavy atom. The van der Waals surface area contributed by atoms with Crippen LogP contribution < -0.4 is 5.32 Å². The zero-order chi connectivity index (χ0) is 14.3. The molecule has 0 spiro atoms. The lowest BCUT2D eigenvalue weighted by atomic mass is 10.2. The Balaban J connectivity index is 1.79. The van der Waals surface area contributed by atoms with Gasteiger partial charge in [-0.3, -0.25) is 4.79 Å². The minimum Gasteiger partial charge on any atom is -0.478 e. The van der Waals surface area contributed by atoms with E-state index < -0.39 is 11.9 Å². The van der Waals surface area contributed by atoms with E-state index in [0.717, 1.165) is 12.8 Å². The molecule has 0 radical (unpaired) electrons. The number of carbonyl (C=O) groups is 2. The van der Waals surface area contributed by atoms with Crippen molar-refractivity contribution in [3.63, 3.8) is 0 Å². The van der Waals surface area contributed by atoms with Gasteiger partial charge in [0.05, 0.1) is 5.69 Å². The van der Waals surface area contributed by atoms with Crippen LogP contribution in [0.3, 0.4) is 0 Å². The second kappa shape index (κ2) is 4.52. The lowest BCUT2D eigenvalue weighted by Crippen LogP contribution is -2.14. The van der Waals surface area contributed by atoms with E-state index in [-0.39, 0.29) is 16.9 Å². The standard InChI is InChI=1S/C13H13N3O4/c1-6-11(13(18)19)9(5-14-6)15-12(17)8-4-10(20-16-8)7-2-3-7/h4-5,7,14H,2-3H2,1H3,(H,15,17)(H,18,19). The molecule has 1 amide bonds. The van der Waals surface area contributed by atoms with Crippen molar-refractivity contribution in [2.75, 3.05) is 5.32 Å². The van der Waals surface area contributed by atoms with E-state index in [2.05, 4.69) is 15.5 Å². The van der Waals surface area contributed by atoms with Crippen LogP contribution in [-0.2, 0) is 0 Å². The lowest BCUT2D eigenvalue weighted by molar-refractivity contribution is 0.0697. The van der Waals surface area contributed by atoms with Gasteiger partial charge in [0.25, 0.3) is 5.91 Å². The van der Waals surface area contributed by atoms with Crippen LogP contribution >= 0.6 is 0 Å². The number of aryl methyl sites for hydroxylation is 1. The number of aromatic nitrogens is 2. The Kier molecular flexibility index (Phi) is 2.81. The second-order valence-corrected chi connectivity index (χ2v) is 4.85. The predicted octanol–water partition coefficient (Wildman–Crippen LogP) is 2.14. The average molecular weight is 275 g/mol. The number of carbonyl (C=O) groups excluding carboxylic acids is 1. The van der Waals surface area contributed by atoms with Gasteiger partial charge < -0.3 is 19.9 Å². The number of anilines is 1. The van der Waals surface area contributed by atoms with Gasteiger partial charge in [-0.2, -0.15) is 0 Å². The van der Waals surface area contributed by atoms with E-state index >= 15 is 0 Å². The summed E-state index contributed by atoms with van der Waals surface area (Å²) in [5.41, 5.74) is 0.897. The minimum absolute atomic E-state index is 0.0456. The Morgan fingerprint density at radius 1 is 1.50 bits per heavy atom. The number of amides is 1. The van der Waals surface area contributed by atoms with Crippen molar-refractivity contribution in [2.24, 2.45) is 0 Å². The zero-order valence-electron chi connectivity index (χ0n) is 10.8. The van der Waals surface area contributed by atoms with Crippen LogP contribution in [0.5, 0.6) is 0 Å². The van der Waals surface area contributed by atoms with E-state index in [1.807, 2.05) is 0 Å². The van der Waals surface area contributed by atoms with Gasteiger partial charge >= 0.3 is 5.97 Å². The van der Waals surface area contributed by atoms with E-state index in [4.69, 9.17) is 9.63 Å². The third kappa shape index (κ3) is 2.18. The molecule has 7 nitrogen and oxygen atoms in total. The summed E-state index contributed by atoms with van der Waals surface area (Å²) in [4.78, 5) is 25.9. The summed E-state index contributed by atoms with van der Waals surface area (Å²) >= 11 is 0. The fourth-order valence-electron chi connectivity index (χ4n) is 2.04. The van der Waals surface area contributed by atoms with Crippen molar-refractivity contribution >= 4 is 17.6 Å². The summed E-state index contributed by atoms with van der Waals surface area (Å²) in [6.45, 7) is 1.63. The Hall–Kier alpha value is -2.57. The number of hydrogen-bond donors (Lipinski definition) is 3. The molecule has 0 atom stereocenters. The Labute approximate surface area is 114 Å². The fraction of sp³-hybridized carbons (Fsp3) is 0.308. The summed E-state index contributed by atoms with van der Waals surface area (Å²) in [6, 6.07) is 1.60. The van der Waals surface area contributed by atoms with Crippen molar-refractivity contribution in [1.82, 2.24) is 10.1 Å². The molecular weight excluding hydrogens is 262 g/mol. The fourth-order valence-corrected chi connectivity index (χ4v) is 2.04. The Morgan fingerprint density at radius 2 is 2.25 bits per heavy atom. The van der Waals surface area contributed by atoms with Gasteiger partial charge in [-0.25, -0.2) is 4.79 Å². The summed E-state index contributed by atoms with van der Waals surface area (Å²) in [7, 11) is 0. The molecule has 3 N–H and O–H groups in total. The molecule has 0 aliphatic heterocycles. The van der Waals surface area contributed by atoms with E-state index in [1.165, 1.54) is 6.20 Å². The number of carboxylic acid groups (broad SMARTS) is 1. The van der Waals surface area contributed by atoms with Crippen LogP contribution in [0.4, 0.5) is 5.69 Å². The maximum absolute atomic E-state index is 12.0. The van der Waals surface area contributed by atoms with Crippen LogP contribution in [0.25, 0.3) is 0 Å². The van der Waals surface area contributed by atoms with Gasteiger partial charge in [-0.05, 0) is 19.8 Å². The van der Waals surface area contributed by atoms with Crippen molar-refractivity contribution < 1.29 is 19.2 Å². The topological polar surface area (TPSA) is 108 Å². The van der Waals surface area contributed by atoms with Gasteiger partial charge in [0.2, 0.25) is 0 Å². The van der Waals surface area contributed by atoms with Crippen molar-refractivity contribution in [3.8, 4) is 0 Å². The third-order valence-corrected chi connectivity index (χ3v) is 3.28. The van der Waals surface area contributed by atoms with Crippen molar-refractivity contribution in [1.29, 1.82) is 0 Å². The number of rotatable bonds is 4. The van der Waals surface area contributed by atoms with Gasteiger partial charge in [0.1, 0.15) is 11.3 Å². The highest BCUT2D eigenvalue weighted by atomic mass is 16.5. The number of nitrogens with zero attached hydrogens (tertiary/aromatic N) is 1. The monoisotopic (exact) mass is 275 g/mol. The molecule has 2 aromatic heterocycles. The number of aromatic amines is 1. The summed E-state index contributed by atoms with van der Waals surface area (Å²) < 4.78 is 5.10. The summed E-state index contributed by atoms with van der Waals surface area (Å²) in [6.07, 6.45) is 3.55. The molecular formula is C13H13N3O4. The first kappa shape index (κ1) is 12.5. The zero-order valence-corrected chi connectivity index (χ0v) is 10.8. The van der Waals surface area contributed by atoms with Gasteiger partial charge in [0, 0.05) is 23.9 Å². The lowest BCUT2D eigenvalue weighted by Gasteiger charge is -2.01. The molecule has 0 bridgehead atoms. The maximum Gasteiger partial charge on any atom is 0.339 e. The van der Waals surface area contributed by atoms with Crippen molar-refractivity contribution in [3.05, 3.63) is 35.0 Å². The molecule has 0 unspecified atom stereocenters. The van der Waals surface area contributed by atoms with Gasteiger partial charge in [-0.15, -0.1) is 0 Å². The molecule has 2 aromatic rings.